The number of carbonyl (C=O) groups excluding carboxylic acids is 1. The molecule has 2 aromatic rings. The minimum absolute atomic E-state index is 0.116. The summed E-state index contributed by atoms with van der Waals surface area (Å²) in [6.45, 7) is 5.96. The van der Waals surface area contributed by atoms with Gasteiger partial charge < -0.3 is 10.1 Å². The summed E-state index contributed by atoms with van der Waals surface area (Å²) < 4.78 is 5.77. The molecule has 22 heavy (non-hydrogen) atoms. The Morgan fingerprint density at radius 2 is 1.77 bits per heavy atom. The second kappa shape index (κ2) is 8.03. The zero-order valence-electron chi connectivity index (χ0n) is 12.8. The quantitative estimate of drug-likeness (QED) is 0.789. The van der Waals surface area contributed by atoms with Crippen LogP contribution in [0, 0.1) is 0 Å². The highest BCUT2D eigenvalue weighted by Crippen LogP contribution is 2.22. The van der Waals surface area contributed by atoms with Crippen LogP contribution in [0.5, 0.6) is 5.75 Å². The molecule has 0 saturated carbocycles. The normalized spacial score (nSPS) is 11.5. The molecule has 0 aliphatic heterocycles. The molecular formula is C19H21NO2. The second-order valence-electron chi connectivity index (χ2n) is 4.94. The minimum atomic E-state index is -0.484. The van der Waals surface area contributed by atoms with Crippen LogP contribution in [0.1, 0.15) is 13.3 Å². The van der Waals surface area contributed by atoms with Crippen LogP contribution in [0.15, 0.2) is 67.3 Å². The lowest BCUT2D eigenvalue weighted by atomic mass is 10.1. The van der Waals surface area contributed by atoms with Crippen molar-refractivity contribution in [2.75, 3.05) is 6.54 Å². The summed E-state index contributed by atoms with van der Waals surface area (Å²) in [6, 6.07) is 17.9. The molecule has 0 radical (unpaired) electrons. The van der Waals surface area contributed by atoms with Crippen molar-refractivity contribution in [1.29, 1.82) is 0 Å². The van der Waals surface area contributed by atoms with Gasteiger partial charge in [-0.3, -0.25) is 4.79 Å². The summed E-state index contributed by atoms with van der Waals surface area (Å²) in [5.74, 6) is 0.579. The maximum Gasteiger partial charge on any atom is 0.261 e. The molecule has 0 aliphatic carbocycles. The van der Waals surface area contributed by atoms with Gasteiger partial charge in [0.1, 0.15) is 5.75 Å². The smallest absolute Gasteiger partial charge is 0.261 e. The van der Waals surface area contributed by atoms with E-state index in [0.29, 0.717) is 18.7 Å². The van der Waals surface area contributed by atoms with Crippen LogP contribution in [-0.4, -0.2) is 18.6 Å². The van der Waals surface area contributed by atoms with Crippen LogP contribution >= 0.6 is 0 Å². The first-order valence-electron chi connectivity index (χ1n) is 7.45. The average molecular weight is 295 g/mol. The summed E-state index contributed by atoms with van der Waals surface area (Å²) in [5.41, 5.74) is 2.28. The predicted octanol–water partition coefficient (Wildman–Crippen LogP) is 3.81. The molecular weight excluding hydrogens is 274 g/mol. The van der Waals surface area contributed by atoms with E-state index in [1.54, 1.807) is 6.08 Å². The summed E-state index contributed by atoms with van der Waals surface area (Å²) in [7, 11) is 0. The summed E-state index contributed by atoms with van der Waals surface area (Å²) in [4.78, 5) is 11.9. The number of ether oxygens (including phenoxy) is 1. The second-order valence-corrected chi connectivity index (χ2v) is 4.94. The van der Waals surface area contributed by atoms with Crippen LogP contribution in [0.3, 0.4) is 0 Å². The van der Waals surface area contributed by atoms with Crippen molar-refractivity contribution in [3.8, 4) is 16.9 Å². The Morgan fingerprint density at radius 1 is 1.14 bits per heavy atom. The lowest BCUT2D eigenvalue weighted by Gasteiger charge is -2.17. The average Bonchev–Trinajstić information content (AvgIpc) is 2.59. The first-order chi connectivity index (χ1) is 10.7. The Kier molecular flexibility index (Phi) is 5.78. The predicted molar refractivity (Wildman–Crippen MR) is 89.8 cm³/mol. The molecule has 1 amide bonds. The van der Waals surface area contributed by atoms with E-state index in [-0.39, 0.29) is 5.91 Å². The number of amides is 1. The molecule has 0 aromatic heterocycles. The molecule has 2 aromatic carbocycles. The largest absolute Gasteiger partial charge is 0.481 e. The molecule has 0 fully saturated rings. The molecule has 0 bridgehead atoms. The third-order valence-electron chi connectivity index (χ3n) is 3.32. The van der Waals surface area contributed by atoms with E-state index in [1.165, 1.54) is 0 Å². The number of hydrogen-bond acceptors (Lipinski definition) is 2. The molecule has 3 heteroatoms. The van der Waals surface area contributed by atoms with E-state index < -0.39 is 6.10 Å². The number of rotatable bonds is 7. The number of benzene rings is 2. The van der Waals surface area contributed by atoms with E-state index in [1.807, 2.05) is 49.4 Å². The van der Waals surface area contributed by atoms with Crippen molar-refractivity contribution < 1.29 is 9.53 Å². The van der Waals surface area contributed by atoms with Gasteiger partial charge in [-0.15, -0.1) is 6.58 Å². The first kappa shape index (κ1) is 15.8. The Balaban J connectivity index is 2.03. The van der Waals surface area contributed by atoms with Crippen molar-refractivity contribution in [2.24, 2.45) is 0 Å². The van der Waals surface area contributed by atoms with Gasteiger partial charge in [0.2, 0.25) is 0 Å². The Hall–Kier alpha value is -2.55. The van der Waals surface area contributed by atoms with E-state index in [0.717, 1.165) is 11.1 Å². The summed E-state index contributed by atoms with van der Waals surface area (Å²) >= 11 is 0. The Bertz CT molecular complexity index is 605. The summed E-state index contributed by atoms with van der Waals surface area (Å²) in [5, 5.41) is 2.76. The third kappa shape index (κ3) is 4.22. The van der Waals surface area contributed by atoms with Gasteiger partial charge in [-0.2, -0.15) is 0 Å². The van der Waals surface area contributed by atoms with Crippen LogP contribution < -0.4 is 10.1 Å². The highest BCUT2D eigenvalue weighted by molar-refractivity contribution is 5.81. The fourth-order valence-electron chi connectivity index (χ4n) is 2.13. The SMILES string of the molecule is C=CCNC(=O)C(CC)Oc1ccc(-c2ccccc2)cc1. The molecule has 114 valence electrons. The van der Waals surface area contributed by atoms with E-state index in [9.17, 15) is 4.79 Å². The Labute approximate surface area is 131 Å². The molecule has 0 aliphatic rings. The zero-order chi connectivity index (χ0) is 15.8. The molecule has 0 saturated heterocycles. The van der Waals surface area contributed by atoms with E-state index >= 15 is 0 Å². The van der Waals surface area contributed by atoms with Gasteiger partial charge >= 0.3 is 0 Å². The highest BCUT2D eigenvalue weighted by atomic mass is 16.5. The van der Waals surface area contributed by atoms with Crippen LogP contribution in [0.2, 0.25) is 0 Å². The van der Waals surface area contributed by atoms with Gasteiger partial charge in [0.15, 0.2) is 6.10 Å². The minimum Gasteiger partial charge on any atom is -0.481 e. The molecule has 0 heterocycles. The van der Waals surface area contributed by atoms with E-state index in [2.05, 4.69) is 24.0 Å². The molecule has 1 unspecified atom stereocenters. The van der Waals surface area contributed by atoms with Gasteiger partial charge in [-0.1, -0.05) is 55.5 Å². The van der Waals surface area contributed by atoms with Crippen molar-refractivity contribution >= 4 is 5.91 Å². The van der Waals surface area contributed by atoms with Crippen molar-refractivity contribution in [3.05, 3.63) is 67.3 Å². The van der Waals surface area contributed by atoms with Gasteiger partial charge in [0, 0.05) is 6.54 Å². The monoisotopic (exact) mass is 295 g/mol. The number of carbonyl (C=O) groups is 1. The lowest BCUT2D eigenvalue weighted by Crippen LogP contribution is -2.37. The fraction of sp³-hybridized carbons (Fsp3) is 0.211. The van der Waals surface area contributed by atoms with Gasteiger partial charge in [-0.25, -0.2) is 0 Å². The van der Waals surface area contributed by atoms with Crippen molar-refractivity contribution in [1.82, 2.24) is 5.32 Å². The van der Waals surface area contributed by atoms with Crippen LogP contribution in [0.4, 0.5) is 0 Å². The van der Waals surface area contributed by atoms with Gasteiger partial charge in [0.25, 0.3) is 5.91 Å². The standard InChI is InChI=1S/C19H21NO2/c1-3-14-20-19(21)18(4-2)22-17-12-10-16(11-13-17)15-8-6-5-7-9-15/h3,5-13,18H,1,4,14H2,2H3,(H,20,21). The van der Waals surface area contributed by atoms with Crippen LogP contribution in [-0.2, 0) is 4.79 Å². The number of hydrogen-bond donors (Lipinski definition) is 1. The Morgan fingerprint density at radius 3 is 2.36 bits per heavy atom. The third-order valence-corrected chi connectivity index (χ3v) is 3.32. The molecule has 0 spiro atoms. The van der Waals surface area contributed by atoms with Crippen molar-refractivity contribution in [2.45, 2.75) is 19.4 Å². The fourth-order valence-corrected chi connectivity index (χ4v) is 2.13. The zero-order valence-corrected chi connectivity index (χ0v) is 12.8. The lowest BCUT2D eigenvalue weighted by molar-refractivity contribution is -0.127. The topological polar surface area (TPSA) is 38.3 Å². The van der Waals surface area contributed by atoms with Crippen molar-refractivity contribution in [3.63, 3.8) is 0 Å². The highest BCUT2D eigenvalue weighted by Gasteiger charge is 2.17. The van der Waals surface area contributed by atoms with Gasteiger partial charge in [-0.05, 0) is 29.7 Å². The molecule has 2 rings (SSSR count). The summed E-state index contributed by atoms with van der Waals surface area (Å²) in [6.07, 6.45) is 1.78. The molecule has 1 N–H and O–H groups in total. The van der Waals surface area contributed by atoms with Crippen LogP contribution in [0.25, 0.3) is 11.1 Å². The molecule has 3 nitrogen and oxygen atoms in total. The number of nitrogens with one attached hydrogen (secondary N) is 1. The first-order valence-corrected chi connectivity index (χ1v) is 7.45. The maximum absolute atomic E-state index is 11.9. The maximum atomic E-state index is 11.9. The van der Waals surface area contributed by atoms with Gasteiger partial charge in [0.05, 0.1) is 0 Å². The van der Waals surface area contributed by atoms with E-state index in [4.69, 9.17) is 4.74 Å². The molecule has 1 atom stereocenters.